The van der Waals surface area contributed by atoms with Crippen LogP contribution in [0.4, 0.5) is 14.9 Å². The van der Waals surface area contributed by atoms with Crippen molar-refractivity contribution in [1.82, 2.24) is 5.32 Å². The molecule has 0 aliphatic carbocycles. The number of imide groups is 2. The number of barbiturate groups is 1. The van der Waals surface area contributed by atoms with Crippen LogP contribution >= 0.6 is 22.6 Å². The fourth-order valence-corrected chi connectivity index (χ4v) is 4.43. The Balaban J connectivity index is 1.66. The number of aromatic carboxylic acids is 1. The van der Waals surface area contributed by atoms with Gasteiger partial charge < -0.3 is 14.6 Å². The molecular formula is C27H20FIN2O7. The minimum Gasteiger partial charge on any atom is -0.490 e. The molecule has 38 heavy (non-hydrogen) atoms. The standard InChI is InChI=1S/C27H20FIN2O7/c1-2-37-22-13-15(12-21(29)23(22)38-14-17-5-3-4-6-20(17)28)11-19-24(32)30-27(36)31(25(19)33)18-9-7-16(8-10-18)26(34)35/h3-13H,2,14H2,1H3,(H,34,35)(H,30,32,36)/b19-11+. The molecule has 11 heteroatoms. The predicted octanol–water partition coefficient (Wildman–Crippen LogP) is 4.77. The summed E-state index contributed by atoms with van der Waals surface area (Å²) in [5.41, 5.74) is 0.538. The molecule has 0 aromatic heterocycles. The molecular weight excluding hydrogens is 610 g/mol. The highest BCUT2D eigenvalue weighted by atomic mass is 127. The van der Waals surface area contributed by atoms with E-state index in [9.17, 15) is 23.6 Å². The molecule has 1 fully saturated rings. The Hall–Kier alpha value is -4.26. The molecule has 0 atom stereocenters. The van der Waals surface area contributed by atoms with E-state index in [4.69, 9.17) is 14.6 Å². The van der Waals surface area contributed by atoms with E-state index in [-0.39, 0.29) is 23.4 Å². The Bertz CT molecular complexity index is 1470. The fraction of sp³-hybridized carbons (Fsp3) is 0.111. The molecule has 0 spiro atoms. The van der Waals surface area contributed by atoms with E-state index in [1.165, 1.54) is 36.4 Å². The molecule has 9 nitrogen and oxygen atoms in total. The highest BCUT2D eigenvalue weighted by molar-refractivity contribution is 14.1. The van der Waals surface area contributed by atoms with E-state index in [2.05, 4.69) is 5.32 Å². The lowest BCUT2D eigenvalue weighted by atomic mass is 10.1. The van der Waals surface area contributed by atoms with Crippen LogP contribution in [0.1, 0.15) is 28.4 Å². The topological polar surface area (TPSA) is 122 Å². The van der Waals surface area contributed by atoms with Crippen molar-refractivity contribution in [3.8, 4) is 11.5 Å². The van der Waals surface area contributed by atoms with E-state index in [0.29, 0.717) is 32.8 Å². The number of amides is 4. The number of carboxylic acid groups (broad SMARTS) is 1. The van der Waals surface area contributed by atoms with Crippen molar-refractivity contribution in [3.63, 3.8) is 0 Å². The van der Waals surface area contributed by atoms with Crippen molar-refractivity contribution in [3.05, 3.63) is 92.3 Å². The Morgan fingerprint density at radius 2 is 1.79 bits per heavy atom. The average Bonchev–Trinajstić information content (AvgIpc) is 2.87. The molecule has 3 aromatic rings. The summed E-state index contributed by atoms with van der Waals surface area (Å²) in [5.74, 6) is -2.64. The van der Waals surface area contributed by atoms with Crippen molar-refractivity contribution < 1.29 is 38.1 Å². The smallest absolute Gasteiger partial charge is 0.335 e. The fourth-order valence-electron chi connectivity index (χ4n) is 3.65. The summed E-state index contributed by atoms with van der Waals surface area (Å²) < 4.78 is 26.2. The lowest BCUT2D eigenvalue weighted by Gasteiger charge is -2.26. The SMILES string of the molecule is CCOc1cc(/C=C2\C(=O)NC(=O)N(c3ccc(C(=O)O)cc3)C2=O)cc(I)c1OCc1ccccc1F. The molecule has 1 aliphatic rings. The predicted molar refractivity (Wildman–Crippen MR) is 143 cm³/mol. The lowest BCUT2D eigenvalue weighted by molar-refractivity contribution is -0.122. The molecule has 0 radical (unpaired) electrons. The molecule has 0 saturated carbocycles. The maximum atomic E-state index is 14.0. The van der Waals surface area contributed by atoms with E-state index < -0.39 is 29.6 Å². The summed E-state index contributed by atoms with van der Waals surface area (Å²) in [5, 5.41) is 11.2. The van der Waals surface area contributed by atoms with Gasteiger partial charge in [0.1, 0.15) is 18.0 Å². The van der Waals surface area contributed by atoms with Crippen LogP contribution in [0.15, 0.2) is 66.2 Å². The van der Waals surface area contributed by atoms with Gasteiger partial charge in [-0.05, 0) is 83.6 Å². The molecule has 4 rings (SSSR count). The third-order valence-corrected chi connectivity index (χ3v) is 6.25. The van der Waals surface area contributed by atoms with Gasteiger partial charge in [0, 0.05) is 5.56 Å². The Labute approximate surface area is 230 Å². The van der Waals surface area contributed by atoms with Gasteiger partial charge in [-0.15, -0.1) is 0 Å². The number of hydrogen-bond acceptors (Lipinski definition) is 6. The van der Waals surface area contributed by atoms with Gasteiger partial charge in [0.05, 0.1) is 21.4 Å². The number of anilines is 1. The van der Waals surface area contributed by atoms with Crippen molar-refractivity contribution in [2.75, 3.05) is 11.5 Å². The number of carbonyl (C=O) groups is 4. The molecule has 1 heterocycles. The second-order valence-corrected chi connectivity index (χ2v) is 9.12. The molecule has 0 bridgehead atoms. The zero-order valence-corrected chi connectivity index (χ0v) is 22.0. The molecule has 2 N–H and O–H groups in total. The van der Waals surface area contributed by atoms with Gasteiger partial charge in [0.15, 0.2) is 11.5 Å². The first-order chi connectivity index (χ1) is 18.2. The molecule has 1 aliphatic heterocycles. The monoisotopic (exact) mass is 630 g/mol. The van der Waals surface area contributed by atoms with Crippen LogP contribution in [-0.4, -0.2) is 35.5 Å². The van der Waals surface area contributed by atoms with E-state index in [0.717, 1.165) is 4.90 Å². The number of carbonyl (C=O) groups excluding carboxylic acids is 3. The van der Waals surface area contributed by atoms with Gasteiger partial charge in [0.2, 0.25) is 0 Å². The van der Waals surface area contributed by atoms with Crippen LogP contribution in [0.2, 0.25) is 0 Å². The number of carboxylic acids is 1. The lowest BCUT2D eigenvalue weighted by Crippen LogP contribution is -2.54. The van der Waals surface area contributed by atoms with Crippen LogP contribution in [0.25, 0.3) is 6.08 Å². The van der Waals surface area contributed by atoms with Crippen LogP contribution in [0.3, 0.4) is 0 Å². The maximum Gasteiger partial charge on any atom is 0.335 e. The average molecular weight is 630 g/mol. The van der Waals surface area contributed by atoms with Crippen molar-refractivity contribution in [2.24, 2.45) is 0 Å². The number of nitrogens with zero attached hydrogens (tertiary/aromatic N) is 1. The van der Waals surface area contributed by atoms with E-state index in [1.807, 2.05) is 22.6 Å². The van der Waals surface area contributed by atoms with Gasteiger partial charge in [-0.1, -0.05) is 18.2 Å². The van der Waals surface area contributed by atoms with Crippen LogP contribution < -0.4 is 19.7 Å². The van der Waals surface area contributed by atoms with Crippen molar-refractivity contribution >= 4 is 58.2 Å². The summed E-state index contributed by atoms with van der Waals surface area (Å²) >= 11 is 2.01. The minimum absolute atomic E-state index is 0.0270. The zero-order chi connectivity index (χ0) is 27.4. The minimum atomic E-state index is -1.16. The van der Waals surface area contributed by atoms with Gasteiger partial charge in [-0.25, -0.2) is 18.9 Å². The van der Waals surface area contributed by atoms with E-state index in [1.54, 1.807) is 37.3 Å². The maximum absolute atomic E-state index is 14.0. The summed E-state index contributed by atoms with van der Waals surface area (Å²) in [6.45, 7) is 2.03. The summed E-state index contributed by atoms with van der Waals surface area (Å²) in [4.78, 5) is 50.1. The second kappa shape index (κ2) is 11.4. The molecule has 1 saturated heterocycles. The van der Waals surface area contributed by atoms with Gasteiger partial charge in [-0.2, -0.15) is 0 Å². The number of hydrogen-bond donors (Lipinski definition) is 2. The number of nitrogens with one attached hydrogen (secondary N) is 1. The molecule has 4 amide bonds. The first-order valence-corrected chi connectivity index (χ1v) is 12.3. The Kier molecular flexibility index (Phi) is 8.05. The summed E-state index contributed by atoms with van der Waals surface area (Å²) in [7, 11) is 0. The van der Waals surface area contributed by atoms with Gasteiger partial charge >= 0.3 is 12.0 Å². The molecule has 194 valence electrons. The van der Waals surface area contributed by atoms with Crippen molar-refractivity contribution in [1.29, 1.82) is 0 Å². The Morgan fingerprint density at radius 1 is 1.08 bits per heavy atom. The Morgan fingerprint density at radius 3 is 2.45 bits per heavy atom. The van der Waals surface area contributed by atoms with Gasteiger partial charge in [0.25, 0.3) is 11.8 Å². The first kappa shape index (κ1) is 26.8. The number of rotatable bonds is 8. The second-order valence-electron chi connectivity index (χ2n) is 7.95. The zero-order valence-electron chi connectivity index (χ0n) is 19.9. The summed E-state index contributed by atoms with van der Waals surface area (Å²) in [6.07, 6.45) is 1.31. The third kappa shape index (κ3) is 5.67. The van der Waals surface area contributed by atoms with Crippen LogP contribution in [0, 0.1) is 9.39 Å². The van der Waals surface area contributed by atoms with Crippen LogP contribution in [-0.2, 0) is 16.2 Å². The molecule has 3 aromatic carbocycles. The summed E-state index contributed by atoms with van der Waals surface area (Å²) in [6, 6.07) is 13.6. The highest BCUT2D eigenvalue weighted by Gasteiger charge is 2.37. The van der Waals surface area contributed by atoms with E-state index >= 15 is 0 Å². The van der Waals surface area contributed by atoms with Gasteiger partial charge in [-0.3, -0.25) is 14.9 Å². The quantitative estimate of drug-likeness (QED) is 0.209. The normalized spacial score (nSPS) is 14.4. The number of ether oxygens (including phenoxy) is 2. The number of benzene rings is 3. The number of urea groups is 1. The number of halogens is 2. The highest BCUT2D eigenvalue weighted by Crippen LogP contribution is 2.36. The van der Waals surface area contributed by atoms with Crippen LogP contribution in [0.5, 0.6) is 11.5 Å². The first-order valence-electron chi connectivity index (χ1n) is 11.3. The van der Waals surface area contributed by atoms with Crippen molar-refractivity contribution in [2.45, 2.75) is 13.5 Å². The molecule has 0 unspecified atom stereocenters. The largest absolute Gasteiger partial charge is 0.490 e. The third-order valence-electron chi connectivity index (χ3n) is 5.45.